The molecule has 1 aliphatic heterocycles. The third kappa shape index (κ3) is 6.37. The van der Waals surface area contributed by atoms with Gasteiger partial charge in [-0.15, -0.1) is 0 Å². The van der Waals surface area contributed by atoms with Crippen molar-refractivity contribution in [3.8, 4) is 0 Å². The maximum Gasteiger partial charge on any atom is 0.228 e. The molecule has 0 saturated carbocycles. The number of nitrogens with zero attached hydrogens (tertiary/aromatic N) is 2. The second-order valence-corrected chi connectivity index (χ2v) is 10.6. The van der Waals surface area contributed by atoms with E-state index in [2.05, 4.69) is 42.3 Å². The van der Waals surface area contributed by atoms with Gasteiger partial charge < -0.3 is 5.32 Å². The van der Waals surface area contributed by atoms with Crippen LogP contribution in [0.3, 0.4) is 0 Å². The maximum atomic E-state index is 13.5. The van der Waals surface area contributed by atoms with Crippen molar-refractivity contribution in [1.29, 1.82) is 0 Å². The van der Waals surface area contributed by atoms with Crippen LogP contribution < -0.4 is 5.32 Å². The highest BCUT2D eigenvalue weighted by atomic mass is 35.5. The summed E-state index contributed by atoms with van der Waals surface area (Å²) in [5, 5.41) is 3.54. The number of benzene rings is 3. The Kier molecular flexibility index (Phi) is 8.51. The molecule has 1 N–H and O–H groups in total. The predicted molar refractivity (Wildman–Crippen MR) is 162 cm³/mol. The van der Waals surface area contributed by atoms with Gasteiger partial charge in [-0.25, -0.2) is 0 Å². The number of Topliss-reactive ketones (excluding diaryl/α,β-unsaturated/α-hetero) is 1. The zero-order valence-corrected chi connectivity index (χ0v) is 23.5. The summed E-state index contributed by atoms with van der Waals surface area (Å²) >= 11 is 6.40. The van der Waals surface area contributed by atoms with Crippen molar-refractivity contribution in [3.63, 3.8) is 0 Å². The highest BCUT2D eigenvalue weighted by Gasteiger charge is 2.27. The summed E-state index contributed by atoms with van der Waals surface area (Å²) in [7, 11) is 0. The molecule has 4 aromatic rings. The molecule has 1 aromatic heterocycles. The van der Waals surface area contributed by atoms with E-state index in [0.29, 0.717) is 23.6 Å². The monoisotopic (exact) mass is 549 g/mol. The number of aryl methyl sites for hydroxylation is 2. The Bertz CT molecular complexity index is 1560. The number of aromatic nitrogens is 1. The summed E-state index contributed by atoms with van der Waals surface area (Å²) in [6.07, 6.45) is 6.42. The first-order chi connectivity index (χ1) is 19.4. The number of aliphatic imine (C=N–C) groups is 1. The van der Waals surface area contributed by atoms with Crippen molar-refractivity contribution in [1.82, 2.24) is 4.98 Å². The number of halogens is 1. The van der Waals surface area contributed by atoms with Gasteiger partial charge in [0.25, 0.3) is 0 Å². The Morgan fingerprint density at radius 2 is 1.75 bits per heavy atom. The van der Waals surface area contributed by atoms with E-state index in [1.54, 1.807) is 12.4 Å². The van der Waals surface area contributed by atoms with Crippen molar-refractivity contribution < 1.29 is 9.59 Å². The number of hydrogen-bond donors (Lipinski definition) is 1. The average molecular weight is 550 g/mol. The molecule has 0 aliphatic carbocycles. The minimum absolute atomic E-state index is 0.0930. The van der Waals surface area contributed by atoms with E-state index in [4.69, 9.17) is 16.6 Å². The molecule has 0 bridgehead atoms. The van der Waals surface area contributed by atoms with Crippen molar-refractivity contribution >= 4 is 34.7 Å². The number of amides is 1. The Morgan fingerprint density at radius 1 is 0.950 bits per heavy atom. The number of rotatable bonds is 8. The topological polar surface area (TPSA) is 71.4 Å². The highest BCUT2D eigenvalue weighted by Crippen LogP contribution is 2.27. The fraction of sp³-hybridized carbons (Fsp3) is 0.235. The number of anilines is 1. The minimum atomic E-state index is -0.503. The standard InChI is InChI=1S/C34H32ClN3O2/c1-3-24-8-7-22(16-25(24)4-2)17-31-32(39)19-27-9-12-28(35)20-30(27)34(38-31)26-10-13-29(14-11-26)37-33(40)18-23-6-5-15-36-21-23/h5-16,20-21,31H,3-4,17-19H2,1-2H3,(H,37,40). The van der Waals surface area contributed by atoms with Crippen molar-refractivity contribution in [2.75, 3.05) is 5.32 Å². The molecular weight excluding hydrogens is 518 g/mol. The minimum Gasteiger partial charge on any atom is -0.326 e. The summed E-state index contributed by atoms with van der Waals surface area (Å²) in [5.41, 5.74) is 8.71. The van der Waals surface area contributed by atoms with Gasteiger partial charge in [0, 0.05) is 47.1 Å². The van der Waals surface area contributed by atoms with Gasteiger partial charge in [-0.05, 0) is 71.0 Å². The number of pyridine rings is 1. The molecule has 5 rings (SSSR count). The van der Waals surface area contributed by atoms with E-state index in [1.165, 1.54) is 11.1 Å². The Hall–Kier alpha value is -4.09. The second kappa shape index (κ2) is 12.4. The van der Waals surface area contributed by atoms with E-state index < -0.39 is 6.04 Å². The van der Waals surface area contributed by atoms with Crippen LogP contribution in [0.15, 0.2) is 90.2 Å². The molecule has 40 heavy (non-hydrogen) atoms. The lowest BCUT2D eigenvalue weighted by Gasteiger charge is -2.14. The van der Waals surface area contributed by atoms with Crippen LogP contribution in [0.1, 0.15) is 52.8 Å². The molecule has 6 heteroatoms. The van der Waals surface area contributed by atoms with Crippen molar-refractivity contribution in [2.24, 2.45) is 4.99 Å². The molecule has 1 unspecified atom stereocenters. The van der Waals surface area contributed by atoms with Gasteiger partial charge >= 0.3 is 0 Å². The smallest absolute Gasteiger partial charge is 0.228 e. The van der Waals surface area contributed by atoms with Crippen LogP contribution >= 0.6 is 11.6 Å². The van der Waals surface area contributed by atoms with Gasteiger partial charge in [-0.2, -0.15) is 0 Å². The van der Waals surface area contributed by atoms with Gasteiger partial charge in [-0.3, -0.25) is 19.6 Å². The number of nitrogens with one attached hydrogen (secondary N) is 1. The Labute approximate surface area is 240 Å². The summed E-state index contributed by atoms with van der Waals surface area (Å²) in [6.45, 7) is 4.33. The molecule has 0 radical (unpaired) electrons. The molecular formula is C34H32ClN3O2. The van der Waals surface area contributed by atoms with Crippen LogP contribution in [0, 0.1) is 0 Å². The highest BCUT2D eigenvalue weighted by molar-refractivity contribution is 6.31. The van der Waals surface area contributed by atoms with E-state index >= 15 is 0 Å². The molecule has 2 heterocycles. The van der Waals surface area contributed by atoms with Crippen LogP contribution in [-0.4, -0.2) is 28.4 Å². The van der Waals surface area contributed by atoms with Gasteiger partial charge in [0.05, 0.1) is 12.1 Å². The number of hydrogen-bond acceptors (Lipinski definition) is 4. The van der Waals surface area contributed by atoms with Crippen LogP contribution in [0.5, 0.6) is 0 Å². The molecule has 5 nitrogen and oxygen atoms in total. The maximum absolute atomic E-state index is 13.5. The molecule has 0 saturated heterocycles. The van der Waals surface area contributed by atoms with E-state index in [1.807, 2.05) is 54.6 Å². The summed E-state index contributed by atoms with van der Waals surface area (Å²) in [4.78, 5) is 35.1. The molecule has 202 valence electrons. The van der Waals surface area contributed by atoms with Crippen LogP contribution in [-0.2, 0) is 41.7 Å². The van der Waals surface area contributed by atoms with E-state index in [-0.39, 0.29) is 18.1 Å². The molecule has 1 atom stereocenters. The largest absolute Gasteiger partial charge is 0.326 e. The first-order valence-corrected chi connectivity index (χ1v) is 14.1. The summed E-state index contributed by atoms with van der Waals surface area (Å²) < 4.78 is 0. The lowest BCUT2D eigenvalue weighted by Crippen LogP contribution is -2.23. The third-order valence-corrected chi connectivity index (χ3v) is 7.57. The number of fused-ring (bicyclic) bond motifs is 1. The molecule has 1 amide bonds. The first kappa shape index (κ1) is 27.5. The third-order valence-electron chi connectivity index (χ3n) is 7.34. The first-order valence-electron chi connectivity index (χ1n) is 13.7. The lowest BCUT2D eigenvalue weighted by molar-refractivity contribution is -0.119. The SMILES string of the molecule is CCc1ccc(CC2N=C(c3ccc(NC(=O)Cc4cccnc4)cc3)c3cc(Cl)ccc3CC2=O)cc1CC. The van der Waals surface area contributed by atoms with Gasteiger partial charge in [-0.1, -0.05) is 67.9 Å². The number of ketones is 1. The Morgan fingerprint density at radius 3 is 2.48 bits per heavy atom. The van der Waals surface area contributed by atoms with Crippen molar-refractivity contribution in [3.05, 3.63) is 129 Å². The van der Waals surface area contributed by atoms with Crippen LogP contribution in [0.2, 0.25) is 5.02 Å². The zero-order chi connectivity index (χ0) is 28.1. The quantitative estimate of drug-likeness (QED) is 0.269. The second-order valence-electron chi connectivity index (χ2n) is 10.1. The van der Waals surface area contributed by atoms with Crippen LogP contribution in [0.25, 0.3) is 0 Å². The fourth-order valence-electron chi connectivity index (χ4n) is 5.22. The predicted octanol–water partition coefficient (Wildman–Crippen LogP) is 6.61. The number of carbonyl (C=O) groups is 2. The average Bonchev–Trinajstić information content (AvgIpc) is 3.09. The number of carbonyl (C=O) groups excluding carboxylic acids is 2. The summed E-state index contributed by atoms with van der Waals surface area (Å²) in [5.74, 6) is -0.0219. The van der Waals surface area contributed by atoms with Gasteiger partial charge in [0.2, 0.25) is 5.91 Å². The Balaban J connectivity index is 1.44. The van der Waals surface area contributed by atoms with Crippen LogP contribution in [0.4, 0.5) is 5.69 Å². The van der Waals surface area contributed by atoms with E-state index in [9.17, 15) is 9.59 Å². The van der Waals surface area contributed by atoms with Crippen molar-refractivity contribution in [2.45, 2.75) is 52.0 Å². The molecule has 1 aliphatic rings. The van der Waals surface area contributed by atoms with E-state index in [0.717, 1.165) is 46.4 Å². The van der Waals surface area contributed by atoms with Gasteiger partial charge in [0.15, 0.2) is 5.78 Å². The molecule has 0 fully saturated rings. The normalized spacial score (nSPS) is 14.7. The molecule has 3 aromatic carbocycles. The fourth-order valence-corrected chi connectivity index (χ4v) is 5.40. The summed E-state index contributed by atoms with van der Waals surface area (Å²) in [6, 6.07) is 22.9. The van der Waals surface area contributed by atoms with Gasteiger partial charge in [0.1, 0.15) is 6.04 Å². The molecule has 0 spiro atoms. The zero-order valence-electron chi connectivity index (χ0n) is 22.8. The lowest BCUT2D eigenvalue weighted by atomic mass is 9.94.